The second kappa shape index (κ2) is 74.2. The van der Waals surface area contributed by atoms with Gasteiger partial charge in [0, 0.05) is 51.4 Å². The van der Waals surface area contributed by atoms with Crippen molar-refractivity contribution in [3.63, 3.8) is 0 Å². The molecule has 0 N–H and O–H groups in total. The molecule has 0 aliphatic heterocycles. The fourth-order valence-electron chi connectivity index (χ4n) is 8.91. The molecule has 540 valence electrons. The van der Waals surface area contributed by atoms with Gasteiger partial charge in [-0.3, -0.25) is 28.8 Å². The van der Waals surface area contributed by atoms with Crippen molar-refractivity contribution in [2.45, 2.75) is 305 Å². The van der Waals surface area contributed by atoms with E-state index in [4.69, 9.17) is 37.9 Å². The van der Waals surface area contributed by atoms with Crippen LogP contribution in [0.4, 0.5) is 0 Å². The number of esters is 8. The van der Waals surface area contributed by atoms with Gasteiger partial charge in [-0.1, -0.05) is 239 Å². The predicted molar refractivity (Wildman–Crippen MR) is 380 cm³/mol. The van der Waals surface area contributed by atoms with Crippen molar-refractivity contribution < 1.29 is 76.3 Å². The fourth-order valence-corrected chi connectivity index (χ4v) is 8.91. The summed E-state index contributed by atoms with van der Waals surface area (Å²) in [6, 6.07) is 17.5. The van der Waals surface area contributed by atoms with Gasteiger partial charge in [0.15, 0.2) is 0 Å². The minimum Gasteiger partial charge on any atom is -0.466 e. The van der Waals surface area contributed by atoms with Crippen molar-refractivity contribution >= 4 is 47.8 Å². The van der Waals surface area contributed by atoms with Gasteiger partial charge in [0.2, 0.25) is 0 Å². The summed E-state index contributed by atoms with van der Waals surface area (Å²) in [5.41, 5.74) is 1.03. The Morgan fingerprint density at radius 3 is 0.804 bits per heavy atom. The molecule has 0 saturated heterocycles. The van der Waals surface area contributed by atoms with E-state index in [0.717, 1.165) is 103 Å². The molecule has 0 aromatic heterocycles. The SMILES string of the molecule is C.C.C.C.C.C.C.C.CCCCC(=O)OCCCOC(=O)CCCC.CCCCCCCCC(=O)OCCCOC(=O)CCCCCCCC.O=C(OCCCOC(=O)C1CCCCC1)C1CCCCC1.O=C(OCCCOC(=O)c1ccccc1)c1ccccc1. The van der Waals surface area contributed by atoms with Crippen molar-refractivity contribution in [3.05, 3.63) is 71.8 Å². The highest BCUT2D eigenvalue weighted by molar-refractivity contribution is 5.89. The minimum atomic E-state index is -0.370. The molecular weight excluding hydrogens is 1170 g/mol. The maximum Gasteiger partial charge on any atom is 0.338 e. The fraction of sp³-hybridized carbons (Fsp3) is 0.737. The van der Waals surface area contributed by atoms with E-state index in [-0.39, 0.29) is 132 Å². The lowest BCUT2D eigenvalue weighted by molar-refractivity contribution is -0.153. The van der Waals surface area contributed by atoms with Crippen LogP contribution in [-0.4, -0.2) is 101 Å². The second-order valence-corrected chi connectivity index (χ2v) is 21.5. The van der Waals surface area contributed by atoms with Crippen molar-refractivity contribution in [2.24, 2.45) is 11.8 Å². The summed E-state index contributed by atoms with van der Waals surface area (Å²) in [5.74, 6) is -1.25. The molecule has 2 aliphatic carbocycles. The average molecular weight is 1310 g/mol. The van der Waals surface area contributed by atoms with Crippen LogP contribution in [0, 0.1) is 11.8 Å². The van der Waals surface area contributed by atoms with E-state index in [1.54, 1.807) is 48.5 Å². The smallest absolute Gasteiger partial charge is 0.338 e. The van der Waals surface area contributed by atoms with Crippen molar-refractivity contribution in [1.82, 2.24) is 0 Å². The van der Waals surface area contributed by atoms with E-state index in [1.165, 1.54) is 64.2 Å². The Balaban J connectivity index is -0.000000167. The average Bonchev–Trinajstić information content (AvgIpc) is 3.36. The van der Waals surface area contributed by atoms with Gasteiger partial charge < -0.3 is 37.9 Å². The van der Waals surface area contributed by atoms with Crippen molar-refractivity contribution in [3.8, 4) is 0 Å². The quantitative estimate of drug-likeness (QED) is 0.0345. The summed E-state index contributed by atoms with van der Waals surface area (Å²) < 4.78 is 41.0. The first-order valence-electron chi connectivity index (χ1n) is 32.3. The van der Waals surface area contributed by atoms with E-state index in [1.807, 2.05) is 26.0 Å². The summed E-state index contributed by atoms with van der Waals surface area (Å²) in [6.45, 7) is 11.0. The molecule has 16 heteroatoms. The number of hydrogen-bond donors (Lipinski definition) is 0. The third kappa shape index (κ3) is 60.4. The third-order valence-electron chi connectivity index (χ3n) is 14.0. The van der Waals surface area contributed by atoms with Crippen LogP contribution in [0.25, 0.3) is 0 Å². The van der Waals surface area contributed by atoms with Crippen LogP contribution in [0.2, 0.25) is 0 Å². The monoisotopic (exact) mass is 1310 g/mol. The molecule has 2 aromatic rings. The van der Waals surface area contributed by atoms with Gasteiger partial charge in [0.25, 0.3) is 0 Å². The number of benzene rings is 2. The summed E-state index contributed by atoms with van der Waals surface area (Å²) in [6.07, 6.45) is 32.8. The standard InChI is InChI=1S/C21H40O4.C17H28O4.C17H16O4.C13H24O4.8CH4/c1-3-5-7-9-11-13-16-20(22)24-18-15-19-25-21(23)17-14-12-10-8-6-4-2;2*18-16(14-8-3-1-4-9-14)20-12-7-13-21-17(19)15-10-5-2-6-11-15;1-3-5-8-12(14)16-10-7-11-17-13(15)9-6-4-2;;;;;;;;/h3-19H2,1-2H3;14-15H,1-13H2;1-6,8-11H,7,12-13H2;3-11H2,1-2H3;8*1H4. The Labute approximate surface area is 563 Å². The number of rotatable bonds is 40. The molecule has 2 aliphatic rings. The number of hydrogen-bond acceptors (Lipinski definition) is 16. The van der Waals surface area contributed by atoms with Crippen LogP contribution in [-0.2, 0) is 66.7 Å². The second-order valence-electron chi connectivity index (χ2n) is 21.5. The van der Waals surface area contributed by atoms with Crippen molar-refractivity contribution in [1.29, 1.82) is 0 Å². The zero-order valence-electron chi connectivity index (χ0n) is 52.2. The zero-order valence-corrected chi connectivity index (χ0v) is 52.2. The minimum absolute atomic E-state index is 0. The van der Waals surface area contributed by atoms with Gasteiger partial charge in [-0.15, -0.1) is 0 Å². The molecule has 4 rings (SSSR count). The number of carbonyl (C=O) groups excluding carboxylic acids is 8. The summed E-state index contributed by atoms with van der Waals surface area (Å²) >= 11 is 0. The van der Waals surface area contributed by atoms with E-state index in [2.05, 4.69) is 13.8 Å². The van der Waals surface area contributed by atoms with Crippen molar-refractivity contribution in [2.75, 3.05) is 52.9 Å². The highest BCUT2D eigenvalue weighted by atomic mass is 16.6. The lowest BCUT2D eigenvalue weighted by Gasteiger charge is -2.20. The molecule has 92 heavy (non-hydrogen) atoms. The predicted octanol–water partition coefficient (Wildman–Crippen LogP) is 20.6. The highest BCUT2D eigenvalue weighted by Crippen LogP contribution is 2.26. The molecule has 2 saturated carbocycles. The number of ether oxygens (including phenoxy) is 8. The molecule has 0 radical (unpaired) electrons. The van der Waals surface area contributed by atoms with E-state index >= 15 is 0 Å². The Kier molecular flexibility index (Phi) is 82.6. The van der Waals surface area contributed by atoms with E-state index in [0.29, 0.717) is 102 Å². The summed E-state index contributed by atoms with van der Waals surface area (Å²) in [5, 5.41) is 0. The molecule has 0 atom stereocenters. The molecule has 0 unspecified atom stereocenters. The first-order chi connectivity index (χ1) is 40.9. The molecular formula is C76H140O16. The van der Waals surface area contributed by atoms with Crippen LogP contribution in [0.1, 0.15) is 326 Å². The number of carbonyl (C=O) groups is 8. The summed E-state index contributed by atoms with van der Waals surface area (Å²) in [4.78, 5) is 92.2. The first-order valence-corrected chi connectivity index (χ1v) is 32.3. The van der Waals surface area contributed by atoms with E-state index < -0.39 is 0 Å². The maximum absolute atomic E-state index is 11.8. The molecule has 0 heterocycles. The number of unbranched alkanes of at least 4 members (excludes halogenated alkanes) is 12. The first kappa shape index (κ1) is 102. The lowest BCUT2D eigenvalue weighted by Crippen LogP contribution is -2.23. The normalized spacial score (nSPS) is 11.8. The van der Waals surface area contributed by atoms with Gasteiger partial charge >= 0.3 is 47.8 Å². The van der Waals surface area contributed by atoms with Crippen LogP contribution < -0.4 is 0 Å². The zero-order chi connectivity index (χ0) is 61.4. The largest absolute Gasteiger partial charge is 0.466 e. The van der Waals surface area contributed by atoms with Gasteiger partial charge in [-0.05, 0) is 75.6 Å². The van der Waals surface area contributed by atoms with Gasteiger partial charge in [0.1, 0.15) is 0 Å². The summed E-state index contributed by atoms with van der Waals surface area (Å²) in [7, 11) is 0. The molecule has 0 amide bonds. The van der Waals surface area contributed by atoms with Crippen LogP contribution in [0.15, 0.2) is 60.7 Å². The van der Waals surface area contributed by atoms with Crippen LogP contribution >= 0.6 is 0 Å². The highest BCUT2D eigenvalue weighted by Gasteiger charge is 2.24. The Bertz CT molecular complexity index is 1840. The van der Waals surface area contributed by atoms with Crippen LogP contribution in [0.3, 0.4) is 0 Å². The molecule has 16 nitrogen and oxygen atoms in total. The van der Waals surface area contributed by atoms with Gasteiger partial charge in [-0.25, -0.2) is 9.59 Å². The van der Waals surface area contributed by atoms with E-state index in [9.17, 15) is 38.4 Å². The van der Waals surface area contributed by atoms with Crippen LogP contribution in [0.5, 0.6) is 0 Å². The third-order valence-corrected chi connectivity index (χ3v) is 14.0. The molecule has 2 fully saturated rings. The maximum atomic E-state index is 11.8. The molecule has 0 spiro atoms. The van der Waals surface area contributed by atoms with Gasteiger partial charge in [0.05, 0.1) is 75.8 Å². The Hall–Kier alpha value is -5.80. The molecule has 2 aromatic carbocycles. The Morgan fingerprint density at radius 2 is 0.522 bits per heavy atom. The lowest BCUT2D eigenvalue weighted by atomic mass is 9.89. The topological polar surface area (TPSA) is 210 Å². The molecule has 0 bridgehead atoms. The Morgan fingerprint density at radius 1 is 0.283 bits per heavy atom. The van der Waals surface area contributed by atoms with Gasteiger partial charge in [-0.2, -0.15) is 0 Å².